The Morgan fingerprint density at radius 3 is 2.29 bits per heavy atom. The zero-order valence-corrected chi connectivity index (χ0v) is 13.2. The van der Waals surface area contributed by atoms with Crippen LogP contribution in [-0.4, -0.2) is 30.7 Å². The van der Waals surface area contributed by atoms with Crippen molar-refractivity contribution in [3.63, 3.8) is 0 Å². The van der Waals surface area contributed by atoms with E-state index < -0.39 is 35.8 Å². The first kappa shape index (κ1) is 19.7. The van der Waals surface area contributed by atoms with Gasteiger partial charge in [0.05, 0.1) is 12.2 Å². The highest BCUT2D eigenvalue weighted by molar-refractivity contribution is 5.95. The van der Waals surface area contributed by atoms with Crippen LogP contribution in [-0.2, 0) is 25.2 Å². The number of nitrogens with one attached hydrogen (secondary N) is 1. The summed E-state index contributed by atoms with van der Waals surface area (Å²) in [5.41, 5.74) is -0.667. The smallest absolute Gasteiger partial charge is 0.416 e. The van der Waals surface area contributed by atoms with Gasteiger partial charge >= 0.3 is 12.1 Å². The van der Waals surface area contributed by atoms with E-state index in [1.165, 1.54) is 19.9 Å². The van der Waals surface area contributed by atoms with Gasteiger partial charge in [-0.1, -0.05) is 6.08 Å². The van der Waals surface area contributed by atoms with Crippen LogP contribution in [0.1, 0.15) is 19.4 Å². The van der Waals surface area contributed by atoms with E-state index in [2.05, 4.69) is 11.9 Å². The van der Waals surface area contributed by atoms with Crippen molar-refractivity contribution in [2.45, 2.75) is 32.2 Å². The van der Waals surface area contributed by atoms with Crippen LogP contribution in [0.4, 0.5) is 18.9 Å². The van der Waals surface area contributed by atoms with Gasteiger partial charge in [-0.25, -0.2) is 4.79 Å². The fourth-order valence-corrected chi connectivity index (χ4v) is 1.59. The summed E-state index contributed by atoms with van der Waals surface area (Å²) in [6, 6.07) is 3.92. The van der Waals surface area contributed by atoms with Crippen molar-refractivity contribution < 1.29 is 32.2 Å². The maximum absolute atomic E-state index is 12.5. The fourth-order valence-electron chi connectivity index (χ4n) is 1.59. The van der Waals surface area contributed by atoms with Crippen molar-refractivity contribution in [2.75, 3.05) is 11.9 Å². The second kappa shape index (κ2) is 8.49. The van der Waals surface area contributed by atoms with Gasteiger partial charge in [0.1, 0.15) is 0 Å². The molecule has 1 rings (SSSR count). The summed E-state index contributed by atoms with van der Waals surface area (Å²) in [5, 5.41) is 2.37. The first-order valence-corrected chi connectivity index (χ1v) is 7.06. The number of hydrogen-bond acceptors (Lipinski definition) is 4. The maximum Gasteiger partial charge on any atom is 0.416 e. The van der Waals surface area contributed by atoms with E-state index >= 15 is 0 Å². The number of esters is 1. The van der Waals surface area contributed by atoms with Gasteiger partial charge in [-0.2, -0.15) is 13.2 Å². The average Bonchev–Trinajstić information content (AvgIpc) is 2.51. The summed E-state index contributed by atoms with van der Waals surface area (Å²) >= 11 is 0. The SMILES string of the molecule is C=CCOC(C)C(=O)OC(C)C(=O)Nc1ccc(C(F)(F)F)cc1. The van der Waals surface area contributed by atoms with E-state index in [1.807, 2.05) is 0 Å². The minimum atomic E-state index is -4.45. The van der Waals surface area contributed by atoms with Gasteiger partial charge in [0.25, 0.3) is 5.91 Å². The minimum absolute atomic E-state index is 0.155. The second-order valence-corrected chi connectivity index (χ2v) is 4.91. The lowest BCUT2D eigenvalue weighted by atomic mass is 10.2. The van der Waals surface area contributed by atoms with Crippen LogP contribution < -0.4 is 5.32 Å². The molecular weight excluding hydrogens is 327 g/mol. The van der Waals surface area contributed by atoms with Crippen LogP contribution in [0.2, 0.25) is 0 Å². The molecule has 0 fully saturated rings. The van der Waals surface area contributed by atoms with Crippen LogP contribution in [0, 0.1) is 0 Å². The van der Waals surface area contributed by atoms with E-state index in [0.717, 1.165) is 24.3 Å². The Kier molecular flexibility index (Phi) is 6.97. The van der Waals surface area contributed by atoms with Crippen LogP contribution in [0.3, 0.4) is 0 Å². The largest absolute Gasteiger partial charge is 0.451 e. The highest BCUT2D eigenvalue weighted by atomic mass is 19.4. The third-order valence-corrected chi connectivity index (χ3v) is 2.94. The highest BCUT2D eigenvalue weighted by Crippen LogP contribution is 2.29. The van der Waals surface area contributed by atoms with Crippen molar-refractivity contribution in [2.24, 2.45) is 0 Å². The molecule has 0 saturated heterocycles. The molecule has 0 spiro atoms. The first-order chi connectivity index (χ1) is 11.1. The Morgan fingerprint density at radius 2 is 1.79 bits per heavy atom. The van der Waals surface area contributed by atoms with Gasteiger partial charge in [0.2, 0.25) is 0 Å². The van der Waals surface area contributed by atoms with Crippen LogP contribution >= 0.6 is 0 Å². The Hall–Kier alpha value is -2.35. The zero-order chi connectivity index (χ0) is 18.3. The third-order valence-electron chi connectivity index (χ3n) is 2.94. The molecule has 1 aromatic carbocycles. The quantitative estimate of drug-likeness (QED) is 0.609. The predicted octanol–water partition coefficient (Wildman–Crippen LogP) is 3.17. The molecule has 2 atom stereocenters. The van der Waals surface area contributed by atoms with Gasteiger partial charge in [-0.3, -0.25) is 4.79 Å². The molecule has 5 nitrogen and oxygen atoms in total. The summed E-state index contributed by atoms with van der Waals surface area (Å²) in [6.07, 6.45) is -4.99. The molecule has 0 aromatic heterocycles. The monoisotopic (exact) mass is 345 g/mol. The van der Waals surface area contributed by atoms with Crippen LogP contribution in [0.5, 0.6) is 0 Å². The molecule has 0 radical (unpaired) electrons. The number of carbonyl (C=O) groups is 2. The fraction of sp³-hybridized carbons (Fsp3) is 0.375. The van der Waals surface area contributed by atoms with Crippen molar-refractivity contribution >= 4 is 17.6 Å². The molecule has 0 aliphatic carbocycles. The van der Waals surface area contributed by atoms with E-state index in [4.69, 9.17) is 9.47 Å². The van der Waals surface area contributed by atoms with Gasteiger partial charge in [0, 0.05) is 5.69 Å². The standard InChI is InChI=1S/C16H18F3NO4/c1-4-9-23-11(3)15(22)24-10(2)14(21)20-13-7-5-12(6-8-13)16(17,18)19/h4-8,10-11H,1,9H2,2-3H3,(H,20,21). The van der Waals surface area contributed by atoms with E-state index in [9.17, 15) is 22.8 Å². The minimum Gasteiger partial charge on any atom is -0.451 e. The molecule has 0 heterocycles. The number of rotatable bonds is 7. The summed E-state index contributed by atoms with van der Waals surface area (Å²) in [7, 11) is 0. The lowest BCUT2D eigenvalue weighted by molar-refractivity contribution is -0.163. The molecule has 132 valence electrons. The summed E-state index contributed by atoms with van der Waals surface area (Å²) in [4.78, 5) is 23.6. The van der Waals surface area contributed by atoms with Gasteiger partial charge in [-0.15, -0.1) is 6.58 Å². The molecule has 0 saturated carbocycles. The average molecular weight is 345 g/mol. The van der Waals surface area contributed by atoms with Gasteiger partial charge in [0.15, 0.2) is 12.2 Å². The Bertz CT molecular complexity index is 584. The number of benzene rings is 1. The zero-order valence-electron chi connectivity index (χ0n) is 13.2. The number of ether oxygens (including phenoxy) is 2. The normalized spacial score (nSPS) is 13.7. The molecule has 0 bridgehead atoms. The summed E-state index contributed by atoms with van der Waals surface area (Å²) in [6.45, 7) is 6.40. The Balaban J connectivity index is 2.57. The van der Waals surface area contributed by atoms with E-state index in [1.54, 1.807) is 0 Å². The van der Waals surface area contributed by atoms with Crippen molar-refractivity contribution in [3.05, 3.63) is 42.5 Å². The molecule has 1 amide bonds. The number of halogens is 3. The number of carbonyl (C=O) groups excluding carboxylic acids is 2. The Labute approximate surface area is 137 Å². The number of hydrogen-bond donors (Lipinski definition) is 1. The molecule has 1 N–H and O–H groups in total. The number of alkyl halides is 3. The van der Waals surface area contributed by atoms with Crippen molar-refractivity contribution in [1.29, 1.82) is 0 Å². The van der Waals surface area contributed by atoms with Gasteiger partial charge in [-0.05, 0) is 38.1 Å². The third kappa shape index (κ3) is 6.04. The number of anilines is 1. The lowest BCUT2D eigenvalue weighted by Gasteiger charge is -2.17. The molecule has 1 aromatic rings. The molecule has 0 aliphatic rings. The summed E-state index contributed by atoms with van der Waals surface area (Å²) < 4.78 is 47.4. The lowest BCUT2D eigenvalue weighted by Crippen LogP contribution is -2.34. The highest BCUT2D eigenvalue weighted by Gasteiger charge is 2.30. The van der Waals surface area contributed by atoms with Gasteiger partial charge < -0.3 is 14.8 Å². The molecular formula is C16H18F3NO4. The molecule has 24 heavy (non-hydrogen) atoms. The van der Waals surface area contributed by atoms with Crippen LogP contribution in [0.25, 0.3) is 0 Å². The van der Waals surface area contributed by atoms with Crippen molar-refractivity contribution in [3.8, 4) is 0 Å². The maximum atomic E-state index is 12.5. The van der Waals surface area contributed by atoms with Crippen LogP contribution in [0.15, 0.2) is 36.9 Å². The van der Waals surface area contributed by atoms with E-state index in [-0.39, 0.29) is 12.3 Å². The topological polar surface area (TPSA) is 64.6 Å². The van der Waals surface area contributed by atoms with E-state index in [0.29, 0.717) is 0 Å². The first-order valence-electron chi connectivity index (χ1n) is 7.06. The Morgan fingerprint density at radius 1 is 1.21 bits per heavy atom. The number of amides is 1. The van der Waals surface area contributed by atoms with Crippen molar-refractivity contribution in [1.82, 2.24) is 0 Å². The molecule has 0 aliphatic heterocycles. The molecule has 2 unspecified atom stereocenters. The predicted molar refractivity (Wildman–Crippen MR) is 81.2 cm³/mol. The second-order valence-electron chi connectivity index (χ2n) is 4.91. The summed E-state index contributed by atoms with van der Waals surface area (Å²) in [5.74, 6) is -1.40. The molecule has 8 heteroatoms.